The van der Waals surface area contributed by atoms with E-state index in [9.17, 15) is 18.0 Å². The zero-order valence-electron chi connectivity index (χ0n) is 23.1. The fourth-order valence-electron chi connectivity index (χ4n) is 4.25. The van der Waals surface area contributed by atoms with E-state index in [0.717, 1.165) is 27.4 Å². The van der Waals surface area contributed by atoms with Crippen LogP contribution < -0.4 is 9.62 Å². The summed E-state index contributed by atoms with van der Waals surface area (Å²) in [6.07, 6.45) is 0.746. The van der Waals surface area contributed by atoms with Gasteiger partial charge in [0.1, 0.15) is 12.6 Å². The van der Waals surface area contributed by atoms with Gasteiger partial charge in [0.2, 0.25) is 11.8 Å². The quantitative estimate of drug-likeness (QED) is 0.335. The van der Waals surface area contributed by atoms with E-state index in [1.165, 1.54) is 17.0 Å². The van der Waals surface area contributed by atoms with Gasteiger partial charge in [-0.3, -0.25) is 13.9 Å². The lowest BCUT2D eigenvalue weighted by atomic mass is 10.1. The summed E-state index contributed by atoms with van der Waals surface area (Å²) in [4.78, 5) is 28.4. The van der Waals surface area contributed by atoms with E-state index in [1.54, 1.807) is 43.3 Å². The minimum absolute atomic E-state index is 0.0796. The Morgan fingerprint density at radius 2 is 1.62 bits per heavy atom. The van der Waals surface area contributed by atoms with Gasteiger partial charge in [0.15, 0.2) is 0 Å². The molecular weight excluding hydrogens is 534 g/mol. The van der Waals surface area contributed by atoms with Crippen molar-refractivity contribution in [1.29, 1.82) is 0 Å². The highest BCUT2D eigenvalue weighted by atomic mass is 35.5. The van der Waals surface area contributed by atoms with Crippen molar-refractivity contribution in [3.05, 3.63) is 94.0 Å². The maximum atomic E-state index is 14.0. The van der Waals surface area contributed by atoms with Crippen LogP contribution in [0, 0.1) is 20.8 Å². The van der Waals surface area contributed by atoms with Crippen LogP contribution in [0.3, 0.4) is 0 Å². The molecule has 3 rings (SSSR count). The van der Waals surface area contributed by atoms with Crippen molar-refractivity contribution < 1.29 is 18.0 Å². The predicted octanol–water partition coefficient (Wildman–Crippen LogP) is 5.40. The molecule has 0 saturated carbocycles. The Hall–Kier alpha value is -3.36. The number of nitrogens with zero attached hydrogens (tertiary/aromatic N) is 2. The molecular formula is C30H36ClN3O4S. The van der Waals surface area contributed by atoms with Gasteiger partial charge in [-0.05, 0) is 75.6 Å². The van der Waals surface area contributed by atoms with Gasteiger partial charge in [0.25, 0.3) is 10.0 Å². The van der Waals surface area contributed by atoms with Crippen molar-refractivity contribution in [2.75, 3.05) is 17.4 Å². The van der Waals surface area contributed by atoms with Gasteiger partial charge >= 0.3 is 0 Å². The molecule has 0 saturated heterocycles. The molecule has 0 aliphatic carbocycles. The first-order valence-corrected chi connectivity index (χ1v) is 14.7. The van der Waals surface area contributed by atoms with E-state index >= 15 is 0 Å². The number of amides is 2. The van der Waals surface area contributed by atoms with Crippen molar-refractivity contribution in [2.24, 2.45) is 0 Å². The fourth-order valence-corrected chi connectivity index (χ4v) is 5.94. The highest BCUT2D eigenvalue weighted by Gasteiger charge is 2.33. The summed E-state index contributed by atoms with van der Waals surface area (Å²) in [7, 11) is -4.11. The number of sulfonamides is 1. The Balaban J connectivity index is 2.05. The van der Waals surface area contributed by atoms with Crippen LogP contribution in [0.2, 0.25) is 5.02 Å². The molecule has 0 bridgehead atoms. The first kappa shape index (κ1) is 30.2. The number of anilines is 1. The number of halogens is 1. The van der Waals surface area contributed by atoms with Crippen LogP contribution in [-0.2, 0) is 26.2 Å². The maximum absolute atomic E-state index is 14.0. The first-order chi connectivity index (χ1) is 18.4. The van der Waals surface area contributed by atoms with E-state index in [1.807, 2.05) is 45.9 Å². The molecule has 2 amide bonds. The van der Waals surface area contributed by atoms with E-state index < -0.39 is 28.5 Å². The van der Waals surface area contributed by atoms with Gasteiger partial charge in [0, 0.05) is 18.1 Å². The summed E-state index contributed by atoms with van der Waals surface area (Å²) < 4.78 is 29.0. The summed E-state index contributed by atoms with van der Waals surface area (Å²) in [5, 5.41) is 3.34. The van der Waals surface area contributed by atoms with Crippen molar-refractivity contribution >= 4 is 39.1 Å². The highest BCUT2D eigenvalue weighted by Crippen LogP contribution is 2.28. The van der Waals surface area contributed by atoms with Gasteiger partial charge in [-0.25, -0.2) is 8.42 Å². The van der Waals surface area contributed by atoms with Gasteiger partial charge in [-0.2, -0.15) is 0 Å². The van der Waals surface area contributed by atoms with Crippen LogP contribution >= 0.6 is 11.6 Å². The van der Waals surface area contributed by atoms with Crippen LogP contribution in [0.25, 0.3) is 0 Å². The molecule has 0 radical (unpaired) electrons. The molecule has 0 aromatic heterocycles. The number of carbonyl (C=O) groups excluding carboxylic acids is 2. The molecule has 1 unspecified atom stereocenters. The van der Waals surface area contributed by atoms with Crippen LogP contribution in [-0.4, -0.2) is 44.3 Å². The predicted molar refractivity (Wildman–Crippen MR) is 156 cm³/mol. The van der Waals surface area contributed by atoms with Crippen LogP contribution in [0.5, 0.6) is 0 Å². The van der Waals surface area contributed by atoms with Gasteiger partial charge in [-0.1, -0.05) is 66.0 Å². The fraction of sp³-hybridized carbons (Fsp3) is 0.333. The zero-order chi connectivity index (χ0) is 28.7. The summed E-state index contributed by atoms with van der Waals surface area (Å²) in [5.74, 6) is -0.823. The molecule has 9 heteroatoms. The molecule has 3 aromatic carbocycles. The van der Waals surface area contributed by atoms with Gasteiger partial charge in [0.05, 0.1) is 10.6 Å². The largest absolute Gasteiger partial charge is 0.354 e. The van der Waals surface area contributed by atoms with E-state index in [2.05, 4.69) is 5.32 Å². The van der Waals surface area contributed by atoms with Crippen LogP contribution in [0.1, 0.15) is 42.5 Å². The number of hydrogen-bond acceptors (Lipinski definition) is 4. The summed E-state index contributed by atoms with van der Waals surface area (Å²) in [6.45, 7) is 9.27. The molecule has 208 valence electrons. The average Bonchev–Trinajstić information content (AvgIpc) is 2.89. The molecule has 7 nitrogen and oxygen atoms in total. The number of hydrogen-bond donors (Lipinski definition) is 1. The lowest BCUT2D eigenvalue weighted by Gasteiger charge is -2.32. The maximum Gasteiger partial charge on any atom is 0.264 e. The van der Waals surface area contributed by atoms with Crippen molar-refractivity contribution in [1.82, 2.24) is 10.2 Å². The standard InChI is InChI=1S/C30H36ClN3O4S/c1-6-16-32-30(36)24(5)33(19-25-8-7-9-26(31)18-25)29(35)20-34(28-15-12-22(3)17-23(28)4)39(37,38)27-13-10-21(2)11-14-27/h7-15,17-18,24H,6,16,19-20H2,1-5H3,(H,32,36). The lowest BCUT2D eigenvalue weighted by molar-refractivity contribution is -0.139. The normalized spacial score (nSPS) is 12.1. The lowest BCUT2D eigenvalue weighted by Crippen LogP contribution is -2.51. The number of aryl methyl sites for hydroxylation is 3. The Labute approximate surface area is 236 Å². The van der Waals surface area contributed by atoms with Crippen LogP contribution in [0.4, 0.5) is 5.69 Å². The topological polar surface area (TPSA) is 86.8 Å². The second-order valence-electron chi connectivity index (χ2n) is 9.73. The van der Waals surface area contributed by atoms with Gasteiger partial charge < -0.3 is 10.2 Å². The second kappa shape index (κ2) is 13.1. The van der Waals surface area contributed by atoms with Gasteiger partial charge in [-0.15, -0.1) is 0 Å². The molecule has 39 heavy (non-hydrogen) atoms. The Morgan fingerprint density at radius 1 is 0.949 bits per heavy atom. The number of benzene rings is 3. The summed E-state index contributed by atoms with van der Waals surface area (Å²) in [6, 6.07) is 18.1. The molecule has 1 N–H and O–H groups in total. The SMILES string of the molecule is CCCNC(=O)C(C)N(Cc1cccc(Cl)c1)C(=O)CN(c1ccc(C)cc1C)S(=O)(=O)c1ccc(C)cc1. The second-order valence-corrected chi connectivity index (χ2v) is 12.0. The molecule has 1 atom stereocenters. The van der Waals surface area contributed by atoms with Crippen molar-refractivity contribution in [3.63, 3.8) is 0 Å². The third-order valence-electron chi connectivity index (χ3n) is 6.47. The minimum Gasteiger partial charge on any atom is -0.354 e. The van der Waals surface area contributed by atoms with E-state index in [-0.39, 0.29) is 17.3 Å². The van der Waals surface area contributed by atoms with Crippen LogP contribution in [0.15, 0.2) is 71.6 Å². The Morgan fingerprint density at radius 3 is 2.23 bits per heavy atom. The third-order valence-corrected chi connectivity index (χ3v) is 8.48. The first-order valence-electron chi connectivity index (χ1n) is 12.9. The summed E-state index contributed by atoms with van der Waals surface area (Å²) in [5.41, 5.74) is 3.74. The van der Waals surface area contributed by atoms with Crippen molar-refractivity contribution in [2.45, 2.75) is 58.5 Å². The molecule has 0 spiro atoms. The molecule has 0 aliphatic heterocycles. The van der Waals surface area contributed by atoms with E-state index in [4.69, 9.17) is 11.6 Å². The monoisotopic (exact) mass is 569 g/mol. The number of carbonyl (C=O) groups is 2. The van der Waals surface area contributed by atoms with Crippen molar-refractivity contribution in [3.8, 4) is 0 Å². The highest BCUT2D eigenvalue weighted by molar-refractivity contribution is 7.92. The molecule has 0 aliphatic rings. The minimum atomic E-state index is -4.11. The third kappa shape index (κ3) is 7.61. The number of rotatable bonds is 11. The smallest absolute Gasteiger partial charge is 0.264 e. The summed E-state index contributed by atoms with van der Waals surface area (Å²) >= 11 is 6.18. The van der Waals surface area contributed by atoms with E-state index in [0.29, 0.717) is 22.8 Å². The molecule has 0 heterocycles. The average molecular weight is 570 g/mol. The Kier molecular flexibility index (Phi) is 10.2. The number of nitrogens with one attached hydrogen (secondary N) is 1. The molecule has 3 aromatic rings. The zero-order valence-corrected chi connectivity index (χ0v) is 24.6. The Bertz CT molecular complexity index is 1420. The molecule has 0 fully saturated rings.